The number of carbonyl (C=O) groups excluding carboxylic acids is 2. The Labute approximate surface area is 281 Å². The molecule has 13 nitrogen and oxygen atoms in total. The number of benzene rings is 2. The second-order valence-corrected chi connectivity index (χ2v) is 13.5. The molecule has 8 rings (SSSR count). The van der Waals surface area contributed by atoms with E-state index < -0.39 is 6.10 Å². The molecule has 0 bridgehead atoms. The largest absolute Gasteiger partial charge is 0.366 e. The lowest BCUT2D eigenvalue weighted by molar-refractivity contribution is -0.141. The molecule has 2 fully saturated rings. The van der Waals surface area contributed by atoms with Gasteiger partial charge < -0.3 is 19.4 Å². The SMILES string of the molecule is CN(C)C(=O)C1CN(c2ccc3c(=O)n(CCc4ccc5c(c4)N(C)C(=O)C54CC4)c(CCn4ncc5cccn5c4=O)nc3c2)CCO1. The molecule has 1 unspecified atom stereocenters. The van der Waals surface area contributed by atoms with Crippen LogP contribution in [-0.4, -0.2) is 87.4 Å². The van der Waals surface area contributed by atoms with Gasteiger partial charge in [0.1, 0.15) is 5.82 Å². The minimum Gasteiger partial charge on any atom is -0.366 e. The second kappa shape index (κ2) is 11.7. The molecule has 5 heterocycles. The zero-order valence-electron chi connectivity index (χ0n) is 27.8. The third-order valence-corrected chi connectivity index (χ3v) is 10.3. The van der Waals surface area contributed by atoms with Crippen molar-refractivity contribution in [3.8, 4) is 0 Å². The monoisotopic (exact) mass is 662 g/mol. The number of fused-ring (bicyclic) bond motifs is 4. The van der Waals surface area contributed by atoms with E-state index in [0.717, 1.165) is 35.3 Å². The van der Waals surface area contributed by atoms with Crippen molar-refractivity contribution in [1.82, 2.24) is 28.6 Å². The van der Waals surface area contributed by atoms with Crippen LogP contribution in [0.4, 0.5) is 11.4 Å². The van der Waals surface area contributed by atoms with Gasteiger partial charge in [-0.3, -0.25) is 23.4 Å². The third kappa shape index (κ3) is 5.19. The molecule has 1 atom stereocenters. The van der Waals surface area contributed by atoms with Crippen LogP contribution < -0.4 is 21.0 Å². The van der Waals surface area contributed by atoms with Gasteiger partial charge in [-0.15, -0.1) is 0 Å². The lowest BCUT2D eigenvalue weighted by Gasteiger charge is -2.34. The Bertz CT molecular complexity index is 2270. The number of carbonyl (C=O) groups is 2. The van der Waals surface area contributed by atoms with E-state index in [1.54, 1.807) is 48.1 Å². The molecule has 5 aromatic rings. The maximum absolute atomic E-state index is 14.2. The zero-order chi connectivity index (χ0) is 34.0. The van der Waals surface area contributed by atoms with Crippen molar-refractivity contribution in [1.29, 1.82) is 0 Å². The van der Waals surface area contributed by atoms with Gasteiger partial charge in [0.15, 0.2) is 6.10 Å². The van der Waals surface area contributed by atoms with Gasteiger partial charge >= 0.3 is 5.69 Å². The van der Waals surface area contributed by atoms with E-state index in [0.29, 0.717) is 61.3 Å². The molecule has 252 valence electrons. The summed E-state index contributed by atoms with van der Waals surface area (Å²) >= 11 is 0. The van der Waals surface area contributed by atoms with Gasteiger partial charge in [0, 0.05) is 58.2 Å². The fourth-order valence-corrected chi connectivity index (χ4v) is 7.34. The molecule has 49 heavy (non-hydrogen) atoms. The number of amides is 2. The Balaban J connectivity index is 1.12. The average Bonchev–Trinajstić information content (AvgIpc) is 3.72. The van der Waals surface area contributed by atoms with Gasteiger partial charge in [-0.05, 0) is 66.8 Å². The minimum absolute atomic E-state index is 0.0931. The fraction of sp³-hybridized carbons (Fsp3) is 0.389. The lowest BCUT2D eigenvalue weighted by Crippen LogP contribution is -2.49. The van der Waals surface area contributed by atoms with E-state index in [-0.39, 0.29) is 35.0 Å². The molecule has 0 radical (unpaired) electrons. The highest BCUT2D eigenvalue weighted by atomic mass is 16.5. The highest BCUT2D eigenvalue weighted by molar-refractivity contribution is 6.09. The van der Waals surface area contributed by atoms with E-state index in [1.165, 1.54) is 14.0 Å². The number of nitrogens with zero attached hydrogens (tertiary/aromatic N) is 8. The van der Waals surface area contributed by atoms with E-state index in [4.69, 9.17) is 9.72 Å². The summed E-state index contributed by atoms with van der Waals surface area (Å²) in [4.78, 5) is 63.2. The molecule has 1 spiro atoms. The van der Waals surface area contributed by atoms with Crippen LogP contribution in [0.25, 0.3) is 16.4 Å². The van der Waals surface area contributed by atoms with Crippen molar-refractivity contribution < 1.29 is 14.3 Å². The van der Waals surface area contributed by atoms with Gasteiger partial charge in [0.25, 0.3) is 11.5 Å². The van der Waals surface area contributed by atoms with Crippen molar-refractivity contribution in [3.05, 3.63) is 98.7 Å². The Morgan fingerprint density at radius 2 is 1.88 bits per heavy atom. The van der Waals surface area contributed by atoms with Crippen molar-refractivity contribution in [3.63, 3.8) is 0 Å². The average molecular weight is 663 g/mol. The molecule has 1 aliphatic carbocycles. The first kappa shape index (κ1) is 31.0. The molecule has 1 saturated heterocycles. The van der Waals surface area contributed by atoms with E-state index in [2.05, 4.69) is 28.2 Å². The number of hydrogen-bond donors (Lipinski definition) is 0. The number of hydrogen-bond acceptors (Lipinski definition) is 8. The number of morpholine rings is 1. The minimum atomic E-state index is -0.577. The van der Waals surface area contributed by atoms with Crippen LogP contribution in [0.1, 0.15) is 29.8 Å². The molecule has 2 aromatic carbocycles. The number of aromatic nitrogens is 5. The fourth-order valence-electron chi connectivity index (χ4n) is 7.34. The van der Waals surface area contributed by atoms with Crippen LogP contribution in [0.3, 0.4) is 0 Å². The summed E-state index contributed by atoms with van der Waals surface area (Å²) in [6.45, 7) is 2.01. The van der Waals surface area contributed by atoms with Gasteiger partial charge in [-0.25, -0.2) is 14.5 Å². The topological polar surface area (TPSA) is 127 Å². The van der Waals surface area contributed by atoms with Crippen LogP contribution in [0, 0.1) is 0 Å². The predicted molar refractivity (Wildman–Crippen MR) is 184 cm³/mol. The highest BCUT2D eigenvalue weighted by Gasteiger charge is 2.58. The zero-order valence-corrected chi connectivity index (χ0v) is 27.8. The summed E-state index contributed by atoms with van der Waals surface area (Å²) < 4.78 is 10.4. The molecule has 13 heteroatoms. The Hall–Kier alpha value is -5.30. The lowest BCUT2D eigenvalue weighted by atomic mass is 9.96. The maximum Gasteiger partial charge on any atom is 0.349 e. The summed E-state index contributed by atoms with van der Waals surface area (Å²) in [6.07, 6.45) is 5.41. The number of likely N-dealkylation sites (N-methyl/N-ethyl adjacent to an activating group) is 2. The standard InChI is InChI=1S/C36H38N8O5/c1-39(2)33(46)30-22-41(17-18-49-30)24-7-8-26-28(20-24)38-31(11-16-44-35(48)42-14-4-5-25(42)21-37-44)43(32(26)45)15-10-23-6-9-27-29(19-23)40(3)34(47)36(27)12-13-36/h4-9,14,19-21,30H,10-13,15-18,22H2,1-3H3. The first-order chi connectivity index (χ1) is 23.6. The second-order valence-electron chi connectivity index (χ2n) is 13.5. The van der Waals surface area contributed by atoms with Crippen molar-refractivity contribution in [2.24, 2.45) is 0 Å². The molecule has 2 amide bonds. The van der Waals surface area contributed by atoms with Gasteiger partial charge in [-0.2, -0.15) is 5.10 Å². The van der Waals surface area contributed by atoms with E-state index in [1.807, 2.05) is 25.2 Å². The summed E-state index contributed by atoms with van der Waals surface area (Å²) in [6, 6.07) is 15.4. The van der Waals surface area contributed by atoms with E-state index >= 15 is 0 Å². The maximum atomic E-state index is 14.2. The van der Waals surface area contributed by atoms with Gasteiger partial charge in [0.2, 0.25) is 5.91 Å². The molecular weight excluding hydrogens is 624 g/mol. The highest BCUT2D eigenvalue weighted by Crippen LogP contribution is 2.57. The van der Waals surface area contributed by atoms with Crippen LogP contribution in [0.5, 0.6) is 0 Å². The quantitative estimate of drug-likeness (QED) is 0.247. The summed E-state index contributed by atoms with van der Waals surface area (Å²) in [5.74, 6) is 0.614. The Morgan fingerprint density at radius 1 is 1.04 bits per heavy atom. The molecule has 0 N–H and O–H groups in total. The van der Waals surface area contributed by atoms with Gasteiger partial charge in [-0.1, -0.05) is 12.1 Å². The first-order valence-electron chi connectivity index (χ1n) is 16.7. The molecular formula is C36H38N8O5. The van der Waals surface area contributed by atoms with Crippen LogP contribution >= 0.6 is 0 Å². The summed E-state index contributed by atoms with van der Waals surface area (Å²) in [7, 11) is 5.26. The van der Waals surface area contributed by atoms with Crippen LogP contribution in [0.15, 0.2) is 70.5 Å². The number of anilines is 2. The molecule has 2 aliphatic heterocycles. The van der Waals surface area contributed by atoms with Crippen molar-refractivity contribution >= 4 is 39.6 Å². The Morgan fingerprint density at radius 3 is 2.67 bits per heavy atom. The van der Waals surface area contributed by atoms with Crippen molar-refractivity contribution in [2.45, 2.75) is 50.3 Å². The van der Waals surface area contributed by atoms with Crippen LogP contribution in [0.2, 0.25) is 0 Å². The smallest absolute Gasteiger partial charge is 0.349 e. The number of aryl methyl sites for hydroxylation is 3. The normalized spacial score (nSPS) is 18.1. The number of rotatable bonds is 8. The molecule has 3 aromatic heterocycles. The Kier molecular flexibility index (Phi) is 7.39. The summed E-state index contributed by atoms with van der Waals surface area (Å²) in [5.41, 5.74) is 4.40. The number of ether oxygens (including phenoxy) is 1. The summed E-state index contributed by atoms with van der Waals surface area (Å²) in [5, 5.41) is 4.85. The first-order valence-corrected chi connectivity index (χ1v) is 16.7. The van der Waals surface area contributed by atoms with E-state index in [9.17, 15) is 19.2 Å². The van der Waals surface area contributed by atoms with Crippen LogP contribution in [-0.2, 0) is 45.7 Å². The van der Waals surface area contributed by atoms with Gasteiger partial charge in [0.05, 0.1) is 47.7 Å². The molecule has 3 aliphatic rings. The van der Waals surface area contributed by atoms with Crippen molar-refractivity contribution in [2.75, 3.05) is 50.6 Å². The molecule has 1 saturated carbocycles. The third-order valence-electron chi connectivity index (χ3n) is 10.3. The predicted octanol–water partition coefficient (Wildman–Crippen LogP) is 1.99.